The van der Waals surface area contributed by atoms with E-state index in [1.165, 1.54) is 0 Å². The van der Waals surface area contributed by atoms with Gasteiger partial charge in [0.15, 0.2) is 5.82 Å². The molecule has 0 spiro atoms. The Hall–Kier alpha value is -2.41. The minimum absolute atomic E-state index is 0.116. The van der Waals surface area contributed by atoms with Gasteiger partial charge in [0.05, 0.1) is 18.8 Å². The minimum Gasteiger partial charge on any atom is -0.393 e. The monoisotopic (exact) mass is 388 g/mol. The van der Waals surface area contributed by atoms with E-state index in [2.05, 4.69) is 17.3 Å². The molecule has 1 fully saturated rings. The smallest absolute Gasteiger partial charge is 0.254 e. The van der Waals surface area contributed by atoms with Crippen LogP contribution in [0.15, 0.2) is 30.5 Å². The highest BCUT2D eigenvalue weighted by Gasteiger charge is 2.29. The van der Waals surface area contributed by atoms with E-state index < -0.39 is 18.0 Å². The Morgan fingerprint density at radius 3 is 2.61 bits per heavy atom. The number of amides is 1. The first-order chi connectivity index (χ1) is 13.2. The zero-order chi connectivity index (χ0) is 20.5. The van der Waals surface area contributed by atoms with Crippen molar-refractivity contribution in [2.45, 2.75) is 57.6 Å². The third-order valence-electron chi connectivity index (χ3n) is 5.70. The van der Waals surface area contributed by atoms with Crippen LogP contribution in [0.5, 0.6) is 0 Å². The van der Waals surface area contributed by atoms with E-state index in [9.17, 15) is 14.3 Å². The van der Waals surface area contributed by atoms with Crippen molar-refractivity contribution in [3.05, 3.63) is 41.6 Å². The lowest BCUT2D eigenvalue weighted by Gasteiger charge is -2.31. The molecule has 0 bridgehead atoms. The van der Waals surface area contributed by atoms with Gasteiger partial charge in [0.25, 0.3) is 5.91 Å². The highest BCUT2D eigenvalue weighted by Crippen LogP contribution is 2.35. The number of hydrogen-bond donors (Lipinski definition) is 3. The molecule has 6 nitrogen and oxygen atoms in total. The summed E-state index contributed by atoms with van der Waals surface area (Å²) in [6.07, 6.45) is 3.64. The van der Waals surface area contributed by atoms with Crippen molar-refractivity contribution in [3.63, 3.8) is 0 Å². The summed E-state index contributed by atoms with van der Waals surface area (Å²) >= 11 is 0. The molecule has 1 aromatic carbocycles. The second kappa shape index (κ2) is 7.91. The van der Waals surface area contributed by atoms with Crippen LogP contribution < -0.4 is 11.1 Å². The maximum atomic E-state index is 13.2. The number of halogens is 1. The SMILES string of the molecule is C[C@H]1C[C@H](O)CC[C@@H]1n1cc(C(N)=O)c(Nc2ccc(C(C)(C)CF)cc2)n1. The van der Waals surface area contributed by atoms with Crippen molar-refractivity contribution in [2.24, 2.45) is 11.7 Å². The fourth-order valence-electron chi connectivity index (χ4n) is 3.80. The summed E-state index contributed by atoms with van der Waals surface area (Å²) in [5, 5.41) is 17.6. The number of aromatic nitrogens is 2. The largest absolute Gasteiger partial charge is 0.393 e. The Labute approximate surface area is 164 Å². The summed E-state index contributed by atoms with van der Waals surface area (Å²) < 4.78 is 15.0. The molecule has 152 valence electrons. The van der Waals surface area contributed by atoms with Gasteiger partial charge in [0.1, 0.15) is 5.56 Å². The normalized spacial score (nSPS) is 22.8. The average Bonchev–Trinajstić information content (AvgIpc) is 3.06. The number of hydrogen-bond acceptors (Lipinski definition) is 4. The third-order valence-corrected chi connectivity index (χ3v) is 5.70. The molecule has 2 aromatic rings. The standard InChI is InChI=1S/C21H29FN4O2/c1-13-10-16(27)8-9-18(13)26-11-17(19(23)28)20(25-26)24-15-6-4-14(5-7-15)21(2,3)12-22/h4-7,11,13,16,18,27H,8-10,12H2,1-3H3,(H2,23,28)(H,24,25)/t13-,16+,18-/m0/s1. The number of aliphatic hydroxyl groups is 1. The van der Waals surface area contributed by atoms with Gasteiger partial charge in [-0.05, 0) is 42.9 Å². The summed E-state index contributed by atoms with van der Waals surface area (Å²) in [5.41, 5.74) is 6.98. The molecule has 1 saturated carbocycles. The molecular formula is C21H29FN4O2. The van der Waals surface area contributed by atoms with E-state index in [4.69, 9.17) is 5.73 Å². The first kappa shape index (κ1) is 20.3. The third kappa shape index (κ3) is 4.19. The molecular weight excluding hydrogens is 359 g/mol. The summed E-state index contributed by atoms with van der Waals surface area (Å²) in [4.78, 5) is 11.9. The number of nitrogens with one attached hydrogen (secondary N) is 1. The molecule has 7 heteroatoms. The van der Waals surface area contributed by atoms with E-state index in [1.807, 2.05) is 38.1 Å². The van der Waals surface area contributed by atoms with Gasteiger partial charge in [-0.25, -0.2) is 0 Å². The number of aliphatic hydroxyl groups excluding tert-OH is 1. The first-order valence-corrected chi connectivity index (χ1v) is 9.72. The first-order valence-electron chi connectivity index (χ1n) is 9.72. The lowest BCUT2D eigenvalue weighted by atomic mass is 9.84. The number of primary amides is 1. The highest BCUT2D eigenvalue weighted by molar-refractivity contribution is 5.98. The van der Waals surface area contributed by atoms with E-state index in [-0.39, 0.29) is 18.1 Å². The molecule has 0 unspecified atom stereocenters. The van der Waals surface area contributed by atoms with Crippen molar-refractivity contribution < 1.29 is 14.3 Å². The zero-order valence-corrected chi connectivity index (χ0v) is 16.7. The van der Waals surface area contributed by atoms with E-state index in [0.29, 0.717) is 17.8 Å². The second-order valence-electron chi connectivity index (χ2n) is 8.47. The van der Waals surface area contributed by atoms with Crippen molar-refractivity contribution in [2.75, 3.05) is 12.0 Å². The fraction of sp³-hybridized carbons (Fsp3) is 0.524. The van der Waals surface area contributed by atoms with Crippen molar-refractivity contribution >= 4 is 17.4 Å². The van der Waals surface area contributed by atoms with Gasteiger partial charge in [0, 0.05) is 17.3 Å². The number of nitrogens with two attached hydrogens (primary N) is 1. The molecule has 1 aliphatic carbocycles. The number of alkyl halides is 1. The molecule has 0 aliphatic heterocycles. The predicted molar refractivity (Wildman–Crippen MR) is 108 cm³/mol. The Kier molecular flexibility index (Phi) is 5.74. The highest BCUT2D eigenvalue weighted by atomic mass is 19.1. The Morgan fingerprint density at radius 1 is 1.36 bits per heavy atom. The summed E-state index contributed by atoms with van der Waals surface area (Å²) in [7, 11) is 0. The Morgan fingerprint density at radius 2 is 2.04 bits per heavy atom. The lowest BCUT2D eigenvalue weighted by Crippen LogP contribution is -2.28. The van der Waals surface area contributed by atoms with Gasteiger partial charge in [-0.2, -0.15) is 5.10 Å². The molecule has 0 radical (unpaired) electrons. The van der Waals surface area contributed by atoms with Crippen LogP contribution in [0.2, 0.25) is 0 Å². The molecule has 28 heavy (non-hydrogen) atoms. The molecule has 4 N–H and O–H groups in total. The van der Waals surface area contributed by atoms with Gasteiger partial charge in [-0.15, -0.1) is 0 Å². The van der Waals surface area contributed by atoms with E-state index in [1.54, 1.807) is 10.9 Å². The fourth-order valence-corrected chi connectivity index (χ4v) is 3.80. The van der Waals surface area contributed by atoms with Crippen LogP contribution in [0.25, 0.3) is 0 Å². The van der Waals surface area contributed by atoms with Crippen LogP contribution in [0.1, 0.15) is 62.0 Å². The van der Waals surface area contributed by atoms with Crippen molar-refractivity contribution in [3.8, 4) is 0 Å². The second-order valence-corrected chi connectivity index (χ2v) is 8.47. The Bertz CT molecular complexity index is 831. The quantitative estimate of drug-likeness (QED) is 0.703. The molecule has 1 amide bonds. The number of anilines is 2. The van der Waals surface area contributed by atoms with Gasteiger partial charge < -0.3 is 16.2 Å². The molecule has 3 rings (SSSR count). The molecule has 0 saturated heterocycles. The topological polar surface area (TPSA) is 93.2 Å². The maximum Gasteiger partial charge on any atom is 0.254 e. The van der Waals surface area contributed by atoms with Crippen LogP contribution in [-0.2, 0) is 5.41 Å². The summed E-state index contributed by atoms with van der Waals surface area (Å²) in [5.74, 6) is 0.107. The van der Waals surface area contributed by atoms with Crippen LogP contribution in [0.3, 0.4) is 0 Å². The van der Waals surface area contributed by atoms with Crippen LogP contribution >= 0.6 is 0 Å². The van der Waals surface area contributed by atoms with Gasteiger partial charge in [-0.3, -0.25) is 13.9 Å². The van der Waals surface area contributed by atoms with E-state index in [0.717, 1.165) is 24.1 Å². The minimum atomic E-state index is -0.549. The number of benzene rings is 1. The van der Waals surface area contributed by atoms with Crippen molar-refractivity contribution in [1.29, 1.82) is 0 Å². The van der Waals surface area contributed by atoms with Crippen LogP contribution in [0.4, 0.5) is 15.9 Å². The Balaban J connectivity index is 1.84. The number of nitrogens with zero attached hydrogens (tertiary/aromatic N) is 2. The summed E-state index contributed by atoms with van der Waals surface area (Å²) in [6.45, 7) is 5.34. The molecule has 1 heterocycles. The molecule has 1 aliphatic rings. The van der Waals surface area contributed by atoms with Crippen LogP contribution in [0, 0.1) is 5.92 Å². The number of carbonyl (C=O) groups is 1. The summed E-state index contributed by atoms with van der Waals surface area (Å²) in [6, 6.07) is 7.54. The van der Waals surface area contributed by atoms with Gasteiger partial charge in [0.2, 0.25) is 0 Å². The average molecular weight is 388 g/mol. The van der Waals surface area contributed by atoms with Gasteiger partial charge >= 0.3 is 0 Å². The predicted octanol–water partition coefficient (Wildman–Crippen LogP) is 3.69. The number of carbonyl (C=O) groups excluding carboxylic acids is 1. The molecule has 1 aromatic heterocycles. The van der Waals surface area contributed by atoms with Crippen molar-refractivity contribution in [1.82, 2.24) is 9.78 Å². The molecule has 3 atom stereocenters. The van der Waals surface area contributed by atoms with Crippen LogP contribution in [-0.4, -0.2) is 33.6 Å². The lowest BCUT2D eigenvalue weighted by molar-refractivity contribution is 0.0748. The van der Waals surface area contributed by atoms with E-state index >= 15 is 0 Å². The zero-order valence-electron chi connectivity index (χ0n) is 16.7. The maximum absolute atomic E-state index is 13.2. The number of rotatable bonds is 6. The van der Waals surface area contributed by atoms with Gasteiger partial charge in [-0.1, -0.05) is 32.9 Å².